The topological polar surface area (TPSA) is 129 Å². The van der Waals surface area contributed by atoms with E-state index >= 15 is 0 Å². The predicted octanol–water partition coefficient (Wildman–Crippen LogP) is 3.69. The van der Waals surface area contributed by atoms with Gasteiger partial charge in [-0.3, -0.25) is 14.5 Å². The number of nitrogens with zero attached hydrogens (tertiary/aromatic N) is 4. The molecule has 1 aromatic heterocycles. The first-order valence-corrected chi connectivity index (χ1v) is 15.4. The standard InChI is InChI=1S/C31H41N5O5/c1-2-40-31(39)29(34-41-18-27(32)37)28-30(38)36(26-12-4-3-11-25(26)33-28)24-16-21-9-6-10-22(17-24)35(21)23-14-19-7-5-8-20(13-19)15-23/h3-4,11-12,19-24H,2,5-10,13-18H2,1H3,(H2,32,37)/b34-29-/t19?,20?,21-,22?,23?,24?/m1/s1. The van der Waals surface area contributed by atoms with Crippen LogP contribution >= 0.6 is 0 Å². The molecule has 220 valence electrons. The number of hydrogen-bond acceptors (Lipinski definition) is 8. The Morgan fingerprint density at radius 1 is 0.951 bits per heavy atom. The maximum absolute atomic E-state index is 14.2. The highest BCUT2D eigenvalue weighted by molar-refractivity contribution is 6.42. The van der Waals surface area contributed by atoms with Crippen molar-refractivity contribution < 1.29 is 19.2 Å². The highest BCUT2D eigenvalue weighted by Crippen LogP contribution is 2.47. The van der Waals surface area contributed by atoms with Crippen LogP contribution in [-0.2, 0) is 19.2 Å². The van der Waals surface area contributed by atoms with Gasteiger partial charge in [0.1, 0.15) is 0 Å². The SMILES string of the molecule is CCOC(=O)/C(=N\OCC(N)=O)c1nc2ccccc2n(C2CC3CCC[C@H](C2)N3C2CC3CCCC(C3)C2)c1=O. The van der Waals surface area contributed by atoms with Crippen LogP contribution in [-0.4, -0.2) is 63.4 Å². The lowest BCUT2D eigenvalue weighted by atomic mass is 9.68. The number of benzene rings is 1. The van der Waals surface area contributed by atoms with Crippen LogP contribution in [0.5, 0.6) is 0 Å². The molecule has 2 aromatic rings. The van der Waals surface area contributed by atoms with Gasteiger partial charge >= 0.3 is 5.97 Å². The third-order valence-corrected chi connectivity index (χ3v) is 9.75. The van der Waals surface area contributed by atoms with Gasteiger partial charge in [0.15, 0.2) is 12.3 Å². The highest BCUT2D eigenvalue weighted by Gasteiger charge is 2.45. The van der Waals surface area contributed by atoms with Crippen molar-refractivity contribution in [2.24, 2.45) is 22.7 Å². The van der Waals surface area contributed by atoms with Crippen molar-refractivity contribution in [2.45, 2.75) is 102 Å². The molecule has 2 aliphatic carbocycles. The number of aromatic nitrogens is 2. The molecule has 4 bridgehead atoms. The summed E-state index contributed by atoms with van der Waals surface area (Å²) in [5, 5.41) is 3.82. The average molecular weight is 564 g/mol. The van der Waals surface area contributed by atoms with Crippen LogP contribution in [0.15, 0.2) is 34.2 Å². The Morgan fingerprint density at radius 2 is 1.63 bits per heavy atom. The van der Waals surface area contributed by atoms with Crippen LogP contribution in [0.2, 0.25) is 0 Å². The first kappa shape index (κ1) is 27.9. The Balaban J connectivity index is 1.36. The summed E-state index contributed by atoms with van der Waals surface area (Å²) < 4.78 is 7.01. The maximum atomic E-state index is 14.2. The fourth-order valence-corrected chi connectivity index (χ4v) is 8.34. The number of amides is 1. The van der Waals surface area contributed by atoms with Crippen LogP contribution < -0.4 is 11.3 Å². The second kappa shape index (κ2) is 11.9. The fraction of sp³-hybridized carbons (Fsp3) is 0.645. The molecule has 6 rings (SSSR count). The molecule has 10 heteroatoms. The van der Waals surface area contributed by atoms with Crippen LogP contribution in [0.25, 0.3) is 11.0 Å². The number of fused-ring (bicyclic) bond motifs is 5. The molecule has 41 heavy (non-hydrogen) atoms. The zero-order valence-corrected chi connectivity index (χ0v) is 23.9. The molecule has 0 spiro atoms. The van der Waals surface area contributed by atoms with E-state index in [9.17, 15) is 14.4 Å². The lowest BCUT2D eigenvalue weighted by Crippen LogP contribution is -2.58. The van der Waals surface area contributed by atoms with Crippen LogP contribution in [0.1, 0.15) is 89.3 Å². The van der Waals surface area contributed by atoms with Crippen LogP contribution in [0, 0.1) is 11.8 Å². The van der Waals surface area contributed by atoms with Crippen molar-refractivity contribution in [3.05, 3.63) is 40.3 Å². The van der Waals surface area contributed by atoms with Crippen molar-refractivity contribution in [1.29, 1.82) is 0 Å². The number of rotatable bonds is 8. The minimum atomic E-state index is -0.835. The molecule has 5 atom stereocenters. The van der Waals surface area contributed by atoms with Crippen molar-refractivity contribution in [2.75, 3.05) is 13.2 Å². The lowest BCUT2D eigenvalue weighted by molar-refractivity contribution is -0.135. The molecule has 10 nitrogen and oxygen atoms in total. The molecule has 2 aliphatic heterocycles. The van der Waals surface area contributed by atoms with Crippen molar-refractivity contribution in [3.63, 3.8) is 0 Å². The normalized spacial score (nSPS) is 30.1. The van der Waals surface area contributed by atoms with Gasteiger partial charge in [-0.1, -0.05) is 43.0 Å². The highest BCUT2D eigenvalue weighted by atomic mass is 16.6. The number of para-hydroxylation sites is 2. The first-order chi connectivity index (χ1) is 19.9. The number of hydrogen-bond donors (Lipinski definition) is 1. The van der Waals surface area contributed by atoms with Crippen LogP contribution in [0.3, 0.4) is 0 Å². The Morgan fingerprint density at radius 3 is 2.32 bits per heavy atom. The van der Waals surface area contributed by atoms with E-state index in [0.717, 1.165) is 43.0 Å². The van der Waals surface area contributed by atoms with E-state index in [2.05, 4.69) is 15.0 Å². The van der Waals surface area contributed by atoms with Gasteiger partial charge in [-0.25, -0.2) is 9.78 Å². The zero-order valence-electron chi connectivity index (χ0n) is 23.9. The van der Waals surface area contributed by atoms with E-state index in [-0.39, 0.29) is 24.1 Å². The molecular formula is C31H41N5O5. The summed E-state index contributed by atoms with van der Waals surface area (Å²) in [4.78, 5) is 50.8. The number of ether oxygens (including phenoxy) is 1. The van der Waals surface area contributed by atoms with Gasteiger partial charge in [0.2, 0.25) is 5.71 Å². The number of esters is 1. The summed E-state index contributed by atoms with van der Waals surface area (Å²) in [5.41, 5.74) is 5.61. The molecule has 2 N–H and O–H groups in total. The molecule has 4 fully saturated rings. The Hall–Kier alpha value is -3.27. The van der Waals surface area contributed by atoms with Gasteiger partial charge in [-0.15, -0.1) is 0 Å². The number of oxime groups is 1. The molecule has 3 heterocycles. The Labute approximate surface area is 240 Å². The first-order valence-electron chi connectivity index (χ1n) is 15.4. The summed E-state index contributed by atoms with van der Waals surface area (Å²) in [7, 11) is 0. The molecule has 2 saturated heterocycles. The Bertz CT molecular complexity index is 1360. The Kier molecular flexibility index (Phi) is 8.10. The van der Waals surface area contributed by atoms with Gasteiger partial charge < -0.3 is 19.9 Å². The van der Waals surface area contributed by atoms with Gasteiger partial charge in [0.05, 0.1) is 17.6 Å². The second-order valence-electron chi connectivity index (χ2n) is 12.4. The summed E-state index contributed by atoms with van der Waals surface area (Å²) >= 11 is 0. The van der Waals surface area contributed by atoms with E-state index in [1.165, 1.54) is 44.9 Å². The molecule has 4 aliphatic rings. The fourth-order valence-electron chi connectivity index (χ4n) is 8.34. The quantitative estimate of drug-likeness (QED) is 0.295. The number of primary amides is 1. The number of carbonyl (C=O) groups is 2. The van der Waals surface area contributed by atoms with Gasteiger partial charge in [0.25, 0.3) is 11.5 Å². The van der Waals surface area contributed by atoms with E-state index < -0.39 is 24.0 Å². The minimum absolute atomic E-state index is 0.0289. The monoisotopic (exact) mass is 563 g/mol. The molecule has 2 saturated carbocycles. The van der Waals surface area contributed by atoms with Crippen molar-refractivity contribution in [3.8, 4) is 0 Å². The zero-order chi connectivity index (χ0) is 28.5. The second-order valence-corrected chi connectivity index (χ2v) is 12.4. The molecule has 1 aromatic carbocycles. The minimum Gasteiger partial charge on any atom is -0.461 e. The summed E-state index contributed by atoms with van der Waals surface area (Å²) in [6.07, 6.45) is 13.5. The lowest BCUT2D eigenvalue weighted by Gasteiger charge is -2.55. The summed E-state index contributed by atoms with van der Waals surface area (Å²) in [6.45, 7) is 1.22. The molecule has 0 radical (unpaired) electrons. The molecular weight excluding hydrogens is 522 g/mol. The van der Waals surface area contributed by atoms with E-state index in [4.69, 9.17) is 15.3 Å². The van der Waals surface area contributed by atoms with Gasteiger partial charge in [0, 0.05) is 24.2 Å². The molecule has 4 unspecified atom stereocenters. The summed E-state index contributed by atoms with van der Waals surface area (Å²) in [5.74, 6) is 0.161. The van der Waals surface area contributed by atoms with Gasteiger partial charge in [-0.05, 0) is 75.8 Å². The number of piperidine rings is 2. The van der Waals surface area contributed by atoms with Crippen LogP contribution in [0.4, 0.5) is 0 Å². The smallest absolute Gasteiger partial charge is 0.362 e. The summed E-state index contributed by atoms with van der Waals surface area (Å²) in [6, 6.07) is 9.02. The average Bonchev–Trinajstić information content (AvgIpc) is 2.94. The maximum Gasteiger partial charge on any atom is 0.362 e. The number of nitrogens with two attached hydrogens (primary N) is 1. The van der Waals surface area contributed by atoms with Crippen molar-refractivity contribution >= 4 is 28.6 Å². The number of carbonyl (C=O) groups excluding carboxylic acids is 2. The van der Waals surface area contributed by atoms with Gasteiger partial charge in [-0.2, -0.15) is 0 Å². The van der Waals surface area contributed by atoms with Crippen molar-refractivity contribution in [1.82, 2.24) is 14.5 Å². The third-order valence-electron chi connectivity index (χ3n) is 9.75. The largest absolute Gasteiger partial charge is 0.461 e. The molecule has 1 amide bonds. The van der Waals surface area contributed by atoms with E-state index in [1.54, 1.807) is 6.92 Å². The predicted molar refractivity (Wildman–Crippen MR) is 154 cm³/mol. The van der Waals surface area contributed by atoms with E-state index in [0.29, 0.717) is 23.6 Å². The third kappa shape index (κ3) is 5.63. The van der Waals surface area contributed by atoms with E-state index in [1.807, 2.05) is 28.8 Å².